The maximum Gasteiger partial charge on any atom is 0.389 e. The summed E-state index contributed by atoms with van der Waals surface area (Å²) in [6.07, 6.45) is -3.88. The first kappa shape index (κ1) is 17.7. The lowest BCUT2D eigenvalue weighted by Crippen LogP contribution is -2.62. The Morgan fingerprint density at radius 2 is 1.80 bits per heavy atom. The lowest BCUT2D eigenvalue weighted by Gasteiger charge is -2.48. The number of alkyl halides is 3. The molecule has 1 rings (SSSR count). The average Bonchev–Trinajstić information content (AvgIpc) is 2.42. The Morgan fingerprint density at radius 1 is 1.20 bits per heavy atom. The van der Waals surface area contributed by atoms with Gasteiger partial charge in [-0.25, -0.2) is 0 Å². The molecular formula is C14H27F3N2O. The fraction of sp³-hybridized carbons (Fsp3) is 1.00. The highest BCUT2D eigenvalue weighted by Gasteiger charge is 2.40. The largest absolute Gasteiger partial charge is 0.389 e. The smallest absolute Gasteiger partial charge is 0.379 e. The van der Waals surface area contributed by atoms with Crippen LogP contribution in [0.5, 0.6) is 0 Å². The Kier molecular flexibility index (Phi) is 6.75. The molecule has 0 bridgehead atoms. The number of hydrogen-bond acceptors (Lipinski definition) is 3. The van der Waals surface area contributed by atoms with Crippen LogP contribution in [0.2, 0.25) is 0 Å². The predicted molar refractivity (Wildman–Crippen MR) is 73.8 cm³/mol. The second-order valence-electron chi connectivity index (χ2n) is 5.57. The second-order valence-corrected chi connectivity index (χ2v) is 5.57. The van der Waals surface area contributed by atoms with Crippen LogP contribution in [0.4, 0.5) is 13.2 Å². The van der Waals surface area contributed by atoms with E-state index in [2.05, 4.69) is 17.1 Å². The molecular weight excluding hydrogens is 269 g/mol. The first-order valence-corrected chi connectivity index (χ1v) is 7.46. The Balaban J connectivity index is 2.77. The number of morpholine rings is 1. The van der Waals surface area contributed by atoms with Crippen molar-refractivity contribution in [3.05, 3.63) is 0 Å². The summed E-state index contributed by atoms with van der Waals surface area (Å²) in [5.41, 5.74) is -0.259. The monoisotopic (exact) mass is 296 g/mol. The zero-order valence-corrected chi connectivity index (χ0v) is 12.7. The van der Waals surface area contributed by atoms with Gasteiger partial charge in [0.05, 0.1) is 13.2 Å². The Morgan fingerprint density at radius 3 is 2.25 bits per heavy atom. The maximum atomic E-state index is 12.5. The van der Waals surface area contributed by atoms with Crippen LogP contribution in [0.1, 0.15) is 40.0 Å². The topological polar surface area (TPSA) is 24.5 Å². The minimum absolute atomic E-state index is 0.124. The summed E-state index contributed by atoms with van der Waals surface area (Å²) in [5, 5.41) is 3.26. The lowest BCUT2D eigenvalue weighted by atomic mass is 9.84. The van der Waals surface area contributed by atoms with Crippen LogP contribution in [0.3, 0.4) is 0 Å². The van der Waals surface area contributed by atoms with Crippen LogP contribution in [0.15, 0.2) is 0 Å². The van der Waals surface area contributed by atoms with E-state index in [9.17, 15) is 13.2 Å². The minimum Gasteiger partial charge on any atom is -0.379 e. The normalized spacial score (nSPS) is 22.5. The highest BCUT2D eigenvalue weighted by atomic mass is 19.4. The van der Waals surface area contributed by atoms with Crippen LogP contribution in [-0.2, 0) is 4.74 Å². The molecule has 0 saturated carbocycles. The van der Waals surface area contributed by atoms with Crippen LogP contribution in [0.25, 0.3) is 0 Å². The van der Waals surface area contributed by atoms with Gasteiger partial charge in [0, 0.05) is 31.1 Å². The molecule has 0 aliphatic carbocycles. The van der Waals surface area contributed by atoms with E-state index in [4.69, 9.17) is 4.74 Å². The third-order valence-corrected chi connectivity index (χ3v) is 4.37. The van der Waals surface area contributed by atoms with E-state index in [1.165, 1.54) is 0 Å². The predicted octanol–water partition coefficient (Wildman–Crippen LogP) is 2.81. The number of hydrogen-bond donors (Lipinski definition) is 1. The van der Waals surface area contributed by atoms with Gasteiger partial charge in [-0.1, -0.05) is 13.8 Å². The first-order valence-electron chi connectivity index (χ1n) is 7.46. The molecule has 1 aliphatic rings. The number of rotatable bonds is 7. The van der Waals surface area contributed by atoms with Gasteiger partial charge in [0.25, 0.3) is 0 Å². The summed E-state index contributed by atoms with van der Waals surface area (Å²) < 4.78 is 42.9. The number of halogens is 3. The van der Waals surface area contributed by atoms with E-state index < -0.39 is 12.6 Å². The lowest BCUT2D eigenvalue weighted by molar-refractivity contribution is -0.139. The van der Waals surface area contributed by atoms with Crippen molar-refractivity contribution < 1.29 is 17.9 Å². The summed E-state index contributed by atoms with van der Waals surface area (Å²) in [6, 6.07) is -0.155. The molecule has 1 heterocycles. The van der Waals surface area contributed by atoms with Crippen molar-refractivity contribution in [3.8, 4) is 0 Å². The number of nitrogens with zero attached hydrogens (tertiary/aromatic N) is 1. The van der Waals surface area contributed by atoms with E-state index in [1.54, 1.807) is 0 Å². The molecule has 0 aromatic rings. The van der Waals surface area contributed by atoms with E-state index >= 15 is 0 Å². The molecule has 6 heteroatoms. The molecule has 1 saturated heterocycles. The highest BCUT2D eigenvalue weighted by molar-refractivity contribution is 4.97. The van der Waals surface area contributed by atoms with E-state index in [-0.39, 0.29) is 18.0 Å². The van der Waals surface area contributed by atoms with Crippen LogP contribution >= 0.6 is 0 Å². The molecule has 0 radical (unpaired) electrons. The minimum atomic E-state index is -4.09. The Bertz CT molecular complexity index is 280. The van der Waals surface area contributed by atoms with Crippen LogP contribution in [-0.4, -0.2) is 55.5 Å². The van der Waals surface area contributed by atoms with Crippen LogP contribution < -0.4 is 5.32 Å². The van der Waals surface area contributed by atoms with Gasteiger partial charge in [0.1, 0.15) is 0 Å². The maximum absolute atomic E-state index is 12.5. The van der Waals surface area contributed by atoms with Crippen molar-refractivity contribution in [2.24, 2.45) is 0 Å². The molecule has 1 fully saturated rings. The summed E-state index contributed by atoms with van der Waals surface area (Å²) in [7, 11) is 0. The van der Waals surface area contributed by atoms with Gasteiger partial charge in [-0.3, -0.25) is 4.90 Å². The third kappa shape index (κ3) is 4.90. The van der Waals surface area contributed by atoms with Gasteiger partial charge in [0.2, 0.25) is 0 Å². The van der Waals surface area contributed by atoms with Gasteiger partial charge in [0.15, 0.2) is 0 Å². The number of ether oxygens (including phenoxy) is 1. The van der Waals surface area contributed by atoms with E-state index in [1.807, 2.05) is 13.8 Å². The zero-order chi connectivity index (χ0) is 15.2. The number of likely N-dealkylation sites (N-methyl/N-ethyl adjacent to an activating group) is 1. The first-order chi connectivity index (χ1) is 9.33. The molecule has 0 spiro atoms. The summed E-state index contributed by atoms with van der Waals surface area (Å²) in [6.45, 7) is 9.64. The standard InChI is InChI=1S/C14H27F3N2O/c1-4-13(3,19-8-10-20-11-9-19)12(18-5-2)6-7-14(15,16)17/h12,18H,4-11H2,1-3H3. The molecule has 2 atom stereocenters. The molecule has 20 heavy (non-hydrogen) atoms. The van der Waals surface area contributed by atoms with Crippen molar-refractivity contribution in [2.75, 3.05) is 32.8 Å². The summed E-state index contributed by atoms with van der Waals surface area (Å²) in [5.74, 6) is 0. The van der Waals surface area contributed by atoms with E-state index in [0.717, 1.165) is 19.5 Å². The Hall–Kier alpha value is -0.330. The summed E-state index contributed by atoms with van der Waals surface area (Å²) >= 11 is 0. The molecule has 0 aromatic carbocycles. The van der Waals surface area contributed by atoms with Crippen molar-refractivity contribution in [2.45, 2.75) is 57.8 Å². The quantitative estimate of drug-likeness (QED) is 0.782. The fourth-order valence-electron chi connectivity index (χ4n) is 2.95. The molecule has 2 unspecified atom stereocenters. The van der Waals surface area contributed by atoms with Crippen molar-refractivity contribution >= 4 is 0 Å². The van der Waals surface area contributed by atoms with Gasteiger partial charge < -0.3 is 10.1 Å². The molecule has 1 aliphatic heterocycles. The van der Waals surface area contributed by atoms with Gasteiger partial charge >= 0.3 is 6.18 Å². The molecule has 0 amide bonds. The fourth-order valence-corrected chi connectivity index (χ4v) is 2.95. The molecule has 1 N–H and O–H groups in total. The molecule has 120 valence electrons. The van der Waals surface area contributed by atoms with Crippen molar-refractivity contribution in [1.82, 2.24) is 10.2 Å². The second kappa shape index (κ2) is 7.61. The Labute approximate surface area is 119 Å². The SMILES string of the molecule is CCNC(CCC(F)(F)F)C(C)(CC)N1CCOCC1. The van der Waals surface area contributed by atoms with Gasteiger partial charge in [-0.15, -0.1) is 0 Å². The number of nitrogens with one attached hydrogen (secondary N) is 1. The van der Waals surface area contributed by atoms with Crippen molar-refractivity contribution in [1.29, 1.82) is 0 Å². The highest BCUT2D eigenvalue weighted by Crippen LogP contribution is 2.31. The summed E-state index contributed by atoms with van der Waals surface area (Å²) in [4.78, 5) is 2.28. The van der Waals surface area contributed by atoms with Gasteiger partial charge in [-0.2, -0.15) is 13.2 Å². The molecule has 0 aromatic heterocycles. The zero-order valence-electron chi connectivity index (χ0n) is 12.7. The molecule has 3 nitrogen and oxygen atoms in total. The average molecular weight is 296 g/mol. The van der Waals surface area contributed by atoms with Gasteiger partial charge in [-0.05, 0) is 26.3 Å². The van der Waals surface area contributed by atoms with E-state index in [0.29, 0.717) is 19.8 Å². The van der Waals surface area contributed by atoms with Crippen LogP contribution in [0, 0.1) is 0 Å². The van der Waals surface area contributed by atoms with Crippen molar-refractivity contribution in [3.63, 3.8) is 0 Å². The third-order valence-electron chi connectivity index (χ3n) is 4.37.